The SMILES string of the molecule is CC(C)(C)C1=NC12C(=O)c1ccccc1C2=O. The molecule has 1 aliphatic heterocycles. The number of benzene rings is 1. The minimum Gasteiger partial charge on any atom is -0.290 e. The third kappa shape index (κ3) is 1.09. The van der Waals surface area contributed by atoms with Gasteiger partial charge >= 0.3 is 0 Å². The molecule has 86 valence electrons. The van der Waals surface area contributed by atoms with E-state index in [1.54, 1.807) is 24.3 Å². The molecule has 0 unspecified atom stereocenters. The van der Waals surface area contributed by atoms with Gasteiger partial charge in [-0.2, -0.15) is 0 Å². The zero-order valence-corrected chi connectivity index (χ0v) is 10.1. The monoisotopic (exact) mass is 227 g/mol. The molecule has 3 heteroatoms. The summed E-state index contributed by atoms with van der Waals surface area (Å²) in [6, 6.07) is 6.97. The van der Waals surface area contributed by atoms with Gasteiger partial charge in [0.2, 0.25) is 17.1 Å². The number of rotatable bonds is 0. The summed E-state index contributed by atoms with van der Waals surface area (Å²) in [5.41, 5.74) is 0.354. The Balaban J connectivity index is 2.11. The molecule has 3 nitrogen and oxygen atoms in total. The number of hydrogen-bond acceptors (Lipinski definition) is 3. The van der Waals surface area contributed by atoms with Gasteiger partial charge in [0.25, 0.3) is 0 Å². The topological polar surface area (TPSA) is 46.5 Å². The first-order valence-electron chi connectivity index (χ1n) is 5.68. The van der Waals surface area contributed by atoms with Gasteiger partial charge in [0.05, 0.1) is 5.71 Å². The maximum atomic E-state index is 12.3. The molecule has 0 radical (unpaired) electrons. The summed E-state index contributed by atoms with van der Waals surface area (Å²) in [5, 5.41) is 0. The van der Waals surface area contributed by atoms with Crippen LogP contribution in [0.3, 0.4) is 0 Å². The Bertz CT molecular complexity index is 555. The lowest BCUT2D eigenvalue weighted by molar-refractivity contribution is 0.0878. The van der Waals surface area contributed by atoms with Crippen molar-refractivity contribution in [3.63, 3.8) is 0 Å². The van der Waals surface area contributed by atoms with E-state index in [9.17, 15) is 9.59 Å². The zero-order valence-electron chi connectivity index (χ0n) is 10.1. The number of aliphatic imine (C=N–C) groups is 1. The van der Waals surface area contributed by atoms with Gasteiger partial charge in [0, 0.05) is 16.5 Å². The molecule has 0 saturated heterocycles. The van der Waals surface area contributed by atoms with Crippen molar-refractivity contribution in [2.45, 2.75) is 26.3 Å². The highest BCUT2D eigenvalue weighted by Gasteiger charge is 2.67. The molecule has 0 bridgehead atoms. The van der Waals surface area contributed by atoms with Gasteiger partial charge in [0.15, 0.2) is 0 Å². The van der Waals surface area contributed by atoms with E-state index in [0.717, 1.165) is 5.71 Å². The molecule has 0 aromatic heterocycles. The molecule has 0 fully saturated rings. The van der Waals surface area contributed by atoms with Crippen molar-refractivity contribution >= 4 is 17.3 Å². The van der Waals surface area contributed by atoms with Crippen molar-refractivity contribution in [2.24, 2.45) is 10.4 Å². The van der Waals surface area contributed by atoms with Gasteiger partial charge in [-0.05, 0) is 0 Å². The maximum Gasteiger partial charge on any atom is 0.224 e. The molecule has 1 aromatic carbocycles. The fourth-order valence-electron chi connectivity index (χ4n) is 2.54. The summed E-state index contributed by atoms with van der Waals surface area (Å²) in [6.07, 6.45) is 0. The van der Waals surface area contributed by atoms with E-state index in [4.69, 9.17) is 0 Å². The second kappa shape index (κ2) is 2.73. The number of fused-ring (bicyclic) bond motifs is 1. The Morgan fingerprint density at radius 3 is 1.82 bits per heavy atom. The van der Waals surface area contributed by atoms with Crippen molar-refractivity contribution < 1.29 is 9.59 Å². The number of carbonyl (C=O) groups is 2. The van der Waals surface area contributed by atoms with Crippen LogP contribution in [0.4, 0.5) is 0 Å². The summed E-state index contributed by atoms with van der Waals surface area (Å²) in [4.78, 5) is 28.9. The molecule has 17 heavy (non-hydrogen) atoms. The zero-order chi connectivity index (χ0) is 12.4. The highest BCUT2D eigenvalue weighted by Crippen LogP contribution is 2.47. The Hall–Kier alpha value is -1.77. The minimum absolute atomic E-state index is 0.150. The first-order chi connectivity index (χ1) is 7.89. The molecular formula is C14H13NO2. The molecule has 1 aromatic rings. The Morgan fingerprint density at radius 2 is 1.47 bits per heavy atom. The Kier molecular flexibility index (Phi) is 1.67. The van der Waals surface area contributed by atoms with Gasteiger partial charge in [0.1, 0.15) is 0 Å². The van der Waals surface area contributed by atoms with E-state index in [1.165, 1.54) is 0 Å². The van der Waals surface area contributed by atoms with Crippen molar-refractivity contribution in [1.82, 2.24) is 0 Å². The molecular weight excluding hydrogens is 214 g/mol. The quantitative estimate of drug-likeness (QED) is 0.638. The van der Waals surface area contributed by atoms with Crippen molar-refractivity contribution in [2.75, 3.05) is 0 Å². The van der Waals surface area contributed by atoms with Crippen LogP contribution in [-0.4, -0.2) is 22.8 Å². The summed E-state index contributed by atoms with van der Waals surface area (Å²) in [7, 11) is 0. The molecule has 1 spiro atoms. The lowest BCUT2D eigenvalue weighted by atomic mass is 9.82. The van der Waals surface area contributed by atoms with Crippen LogP contribution in [0.25, 0.3) is 0 Å². The van der Waals surface area contributed by atoms with Crippen LogP contribution in [0.15, 0.2) is 29.3 Å². The Morgan fingerprint density at radius 1 is 1.00 bits per heavy atom. The van der Waals surface area contributed by atoms with Gasteiger partial charge in [-0.25, -0.2) is 0 Å². The van der Waals surface area contributed by atoms with E-state index in [-0.39, 0.29) is 17.0 Å². The highest BCUT2D eigenvalue weighted by molar-refractivity contribution is 6.50. The number of ketones is 2. The minimum atomic E-state index is -1.16. The van der Waals surface area contributed by atoms with E-state index >= 15 is 0 Å². The van der Waals surface area contributed by atoms with Crippen LogP contribution in [-0.2, 0) is 0 Å². The maximum absolute atomic E-state index is 12.3. The fraction of sp³-hybridized carbons (Fsp3) is 0.357. The van der Waals surface area contributed by atoms with Gasteiger partial charge in [-0.1, -0.05) is 45.0 Å². The molecule has 0 saturated carbocycles. The van der Waals surface area contributed by atoms with Gasteiger partial charge in [-0.3, -0.25) is 14.6 Å². The fourth-order valence-corrected chi connectivity index (χ4v) is 2.54. The first-order valence-corrected chi connectivity index (χ1v) is 5.68. The molecule has 2 aliphatic rings. The highest BCUT2D eigenvalue weighted by atomic mass is 16.2. The van der Waals surface area contributed by atoms with Crippen LogP contribution in [0, 0.1) is 5.41 Å². The van der Waals surface area contributed by atoms with Crippen LogP contribution < -0.4 is 0 Å². The third-order valence-electron chi connectivity index (χ3n) is 3.36. The molecule has 1 aliphatic carbocycles. The van der Waals surface area contributed by atoms with Gasteiger partial charge < -0.3 is 0 Å². The number of hydrogen-bond donors (Lipinski definition) is 0. The summed E-state index contributed by atoms with van der Waals surface area (Å²) >= 11 is 0. The summed E-state index contributed by atoms with van der Waals surface area (Å²) in [6.45, 7) is 5.93. The first kappa shape index (κ1) is 10.4. The smallest absolute Gasteiger partial charge is 0.224 e. The molecule has 0 atom stereocenters. The van der Waals surface area contributed by atoms with Crippen LogP contribution in [0.1, 0.15) is 41.5 Å². The number of Topliss-reactive ketones (excluding diaryl/α,β-unsaturated/α-hetero) is 2. The van der Waals surface area contributed by atoms with E-state index < -0.39 is 5.54 Å². The Labute approximate surface area is 99.6 Å². The summed E-state index contributed by atoms with van der Waals surface area (Å²) < 4.78 is 0. The molecule has 1 heterocycles. The normalized spacial score (nSPS) is 20.5. The molecule has 3 rings (SSSR count). The van der Waals surface area contributed by atoms with Crippen molar-refractivity contribution in [1.29, 1.82) is 0 Å². The largest absolute Gasteiger partial charge is 0.290 e. The van der Waals surface area contributed by atoms with Crippen molar-refractivity contribution in [3.05, 3.63) is 35.4 Å². The van der Waals surface area contributed by atoms with Crippen LogP contribution in [0.5, 0.6) is 0 Å². The summed E-state index contributed by atoms with van der Waals surface area (Å²) in [5.74, 6) is -0.300. The van der Waals surface area contributed by atoms with E-state index in [1.807, 2.05) is 20.8 Å². The molecule has 0 amide bonds. The van der Waals surface area contributed by atoms with Crippen LogP contribution in [0.2, 0.25) is 0 Å². The number of nitrogens with zero attached hydrogens (tertiary/aromatic N) is 1. The van der Waals surface area contributed by atoms with Crippen LogP contribution >= 0.6 is 0 Å². The van der Waals surface area contributed by atoms with Crippen molar-refractivity contribution in [3.8, 4) is 0 Å². The average molecular weight is 227 g/mol. The predicted octanol–water partition coefficient (Wildman–Crippen LogP) is 2.31. The van der Waals surface area contributed by atoms with Gasteiger partial charge in [-0.15, -0.1) is 0 Å². The lowest BCUT2D eigenvalue weighted by Crippen LogP contribution is -2.37. The van der Waals surface area contributed by atoms with E-state index in [0.29, 0.717) is 11.1 Å². The lowest BCUT2D eigenvalue weighted by Gasteiger charge is -2.15. The standard InChI is InChI=1S/C14H13NO2/c1-13(2,3)12-14(15-12)10(16)8-6-4-5-7-9(8)11(14)17/h4-7H,1-3H3. The second-order valence-electron chi connectivity index (χ2n) is 5.62. The number of carbonyl (C=O) groups excluding carboxylic acids is 2. The average Bonchev–Trinajstić information content (AvgIpc) is 2.99. The molecule has 0 N–H and O–H groups in total. The van der Waals surface area contributed by atoms with E-state index in [2.05, 4.69) is 4.99 Å². The third-order valence-corrected chi connectivity index (χ3v) is 3.36. The second-order valence-corrected chi connectivity index (χ2v) is 5.62. The predicted molar refractivity (Wildman–Crippen MR) is 64.7 cm³/mol.